The second-order valence-electron chi connectivity index (χ2n) is 3.93. The Morgan fingerprint density at radius 1 is 1.67 bits per heavy atom. The molecule has 0 atom stereocenters. The molecule has 0 unspecified atom stereocenters. The van der Waals surface area contributed by atoms with Crippen LogP contribution in [0.5, 0.6) is 0 Å². The van der Waals surface area contributed by atoms with Crippen molar-refractivity contribution >= 4 is 5.91 Å². The van der Waals surface area contributed by atoms with Gasteiger partial charge in [-0.2, -0.15) is 0 Å². The normalized spacial score (nSPS) is 16.3. The van der Waals surface area contributed by atoms with E-state index in [4.69, 9.17) is 5.11 Å². The number of aliphatic hydroxyl groups is 1. The number of aryl methyl sites for hydroxylation is 1. The third-order valence-corrected chi connectivity index (χ3v) is 2.71. The number of pyridine rings is 1. The van der Waals surface area contributed by atoms with Crippen LogP contribution in [0.1, 0.15) is 16.1 Å². The molecule has 4 nitrogen and oxygen atoms in total. The predicted octanol–water partition coefficient (Wildman–Crippen LogP) is 0.454. The monoisotopic (exact) mass is 206 g/mol. The van der Waals surface area contributed by atoms with Gasteiger partial charge in [-0.25, -0.2) is 0 Å². The molecule has 1 saturated heterocycles. The molecule has 0 spiro atoms. The quantitative estimate of drug-likeness (QED) is 0.764. The Morgan fingerprint density at radius 2 is 2.40 bits per heavy atom. The molecule has 0 radical (unpaired) electrons. The van der Waals surface area contributed by atoms with E-state index in [9.17, 15) is 4.79 Å². The van der Waals surface area contributed by atoms with E-state index in [-0.39, 0.29) is 18.4 Å². The SMILES string of the molecule is Cc1cccnc1C(=O)N1CC(CO)C1. The van der Waals surface area contributed by atoms with Crippen LogP contribution in [-0.2, 0) is 0 Å². The van der Waals surface area contributed by atoms with E-state index in [0.29, 0.717) is 18.8 Å². The molecule has 2 rings (SSSR count). The van der Waals surface area contributed by atoms with E-state index in [1.54, 1.807) is 11.1 Å². The molecule has 1 N–H and O–H groups in total. The van der Waals surface area contributed by atoms with Crippen LogP contribution in [0.2, 0.25) is 0 Å². The van der Waals surface area contributed by atoms with Crippen molar-refractivity contribution in [3.63, 3.8) is 0 Å². The Morgan fingerprint density at radius 3 is 3.00 bits per heavy atom. The van der Waals surface area contributed by atoms with Crippen molar-refractivity contribution in [2.75, 3.05) is 19.7 Å². The van der Waals surface area contributed by atoms with Crippen LogP contribution >= 0.6 is 0 Å². The summed E-state index contributed by atoms with van der Waals surface area (Å²) in [4.78, 5) is 17.7. The first-order valence-electron chi connectivity index (χ1n) is 5.04. The number of amides is 1. The average Bonchev–Trinajstić information content (AvgIpc) is 2.16. The van der Waals surface area contributed by atoms with Gasteiger partial charge in [-0.15, -0.1) is 0 Å². The fourth-order valence-corrected chi connectivity index (χ4v) is 1.71. The number of likely N-dealkylation sites (tertiary alicyclic amines) is 1. The maximum absolute atomic E-state index is 11.9. The Kier molecular flexibility index (Phi) is 2.68. The minimum atomic E-state index is -0.0298. The first-order chi connectivity index (χ1) is 7.22. The largest absolute Gasteiger partial charge is 0.396 e. The molecule has 1 fully saturated rings. The summed E-state index contributed by atoms with van der Waals surface area (Å²) in [6.45, 7) is 3.32. The van der Waals surface area contributed by atoms with Crippen molar-refractivity contribution in [2.24, 2.45) is 5.92 Å². The summed E-state index contributed by atoms with van der Waals surface area (Å²) in [6, 6.07) is 3.70. The second kappa shape index (κ2) is 3.98. The lowest BCUT2D eigenvalue weighted by molar-refractivity contribution is 0.0356. The van der Waals surface area contributed by atoms with Crippen LogP contribution in [0, 0.1) is 12.8 Å². The fraction of sp³-hybridized carbons (Fsp3) is 0.455. The van der Waals surface area contributed by atoms with Gasteiger partial charge in [0, 0.05) is 31.8 Å². The number of carbonyl (C=O) groups excluding carboxylic acids is 1. The predicted molar refractivity (Wildman–Crippen MR) is 55.5 cm³/mol. The van der Waals surface area contributed by atoms with E-state index < -0.39 is 0 Å². The van der Waals surface area contributed by atoms with E-state index in [0.717, 1.165) is 5.56 Å². The van der Waals surface area contributed by atoms with E-state index in [2.05, 4.69) is 4.98 Å². The number of hydrogen-bond donors (Lipinski definition) is 1. The van der Waals surface area contributed by atoms with E-state index >= 15 is 0 Å². The van der Waals surface area contributed by atoms with Crippen LogP contribution < -0.4 is 0 Å². The maximum atomic E-state index is 11.9. The number of nitrogens with zero attached hydrogens (tertiary/aromatic N) is 2. The second-order valence-corrected chi connectivity index (χ2v) is 3.93. The van der Waals surface area contributed by atoms with E-state index in [1.807, 2.05) is 19.1 Å². The zero-order valence-electron chi connectivity index (χ0n) is 8.68. The maximum Gasteiger partial charge on any atom is 0.272 e. The molecule has 2 heterocycles. The van der Waals surface area contributed by atoms with Crippen molar-refractivity contribution in [3.8, 4) is 0 Å². The van der Waals surface area contributed by atoms with Crippen molar-refractivity contribution in [1.82, 2.24) is 9.88 Å². The Bertz CT molecular complexity index is 373. The van der Waals surface area contributed by atoms with Gasteiger partial charge in [-0.3, -0.25) is 9.78 Å². The van der Waals surface area contributed by atoms with Crippen molar-refractivity contribution in [2.45, 2.75) is 6.92 Å². The van der Waals surface area contributed by atoms with Crippen LogP contribution in [0.15, 0.2) is 18.3 Å². The summed E-state index contributed by atoms with van der Waals surface area (Å²) in [5.74, 6) is 0.218. The third-order valence-electron chi connectivity index (χ3n) is 2.71. The third kappa shape index (κ3) is 1.85. The Labute approximate surface area is 88.6 Å². The molecule has 15 heavy (non-hydrogen) atoms. The molecule has 0 aromatic carbocycles. The van der Waals surface area contributed by atoms with Crippen molar-refractivity contribution in [1.29, 1.82) is 0 Å². The molecule has 1 amide bonds. The first kappa shape index (κ1) is 10.1. The van der Waals surface area contributed by atoms with E-state index in [1.165, 1.54) is 0 Å². The average molecular weight is 206 g/mol. The number of carbonyl (C=O) groups is 1. The summed E-state index contributed by atoms with van der Waals surface area (Å²) in [7, 11) is 0. The zero-order chi connectivity index (χ0) is 10.8. The van der Waals surface area contributed by atoms with Gasteiger partial charge in [0.1, 0.15) is 5.69 Å². The Balaban J connectivity index is 2.07. The molecule has 0 aliphatic carbocycles. The molecule has 4 heteroatoms. The van der Waals surface area contributed by atoms with Gasteiger partial charge in [0.05, 0.1) is 0 Å². The lowest BCUT2D eigenvalue weighted by Crippen LogP contribution is -2.51. The number of rotatable bonds is 2. The van der Waals surface area contributed by atoms with Gasteiger partial charge < -0.3 is 10.0 Å². The van der Waals surface area contributed by atoms with Crippen LogP contribution in [-0.4, -0.2) is 40.6 Å². The van der Waals surface area contributed by atoms with Gasteiger partial charge in [0.25, 0.3) is 5.91 Å². The standard InChI is InChI=1S/C11H14N2O2/c1-8-3-2-4-12-10(8)11(15)13-5-9(6-13)7-14/h2-4,9,14H,5-7H2,1H3. The van der Waals surface area contributed by atoms with Gasteiger partial charge in [0.2, 0.25) is 0 Å². The molecule has 1 aliphatic rings. The number of hydrogen-bond acceptors (Lipinski definition) is 3. The van der Waals surface area contributed by atoms with Gasteiger partial charge in [0.15, 0.2) is 0 Å². The van der Waals surface area contributed by atoms with Crippen LogP contribution in [0.3, 0.4) is 0 Å². The highest BCUT2D eigenvalue weighted by atomic mass is 16.3. The minimum absolute atomic E-state index is 0.0298. The van der Waals surface area contributed by atoms with Crippen molar-refractivity contribution < 1.29 is 9.90 Å². The summed E-state index contributed by atoms with van der Waals surface area (Å²) in [6.07, 6.45) is 1.63. The molecule has 1 aliphatic heterocycles. The summed E-state index contributed by atoms with van der Waals surface area (Å²) < 4.78 is 0. The summed E-state index contributed by atoms with van der Waals surface area (Å²) in [5, 5.41) is 8.86. The van der Waals surface area contributed by atoms with Crippen LogP contribution in [0.4, 0.5) is 0 Å². The Hall–Kier alpha value is -1.42. The fourth-order valence-electron chi connectivity index (χ4n) is 1.71. The van der Waals surface area contributed by atoms with Gasteiger partial charge >= 0.3 is 0 Å². The van der Waals surface area contributed by atoms with Crippen LogP contribution in [0.25, 0.3) is 0 Å². The molecule has 80 valence electrons. The first-order valence-corrected chi connectivity index (χ1v) is 5.04. The highest BCUT2D eigenvalue weighted by Gasteiger charge is 2.31. The zero-order valence-corrected chi connectivity index (χ0v) is 8.68. The molecule has 0 bridgehead atoms. The van der Waals surface area contributed by atoms with Gasteiger partial charge in [-0.05, 0) is 18.6 Å². The van der Waals surface area contributed by atoms with Crippen molar-refractivity contribution in [3.05, 3.63) is 29.6 Å². The highest BCUT2D eigenvalue weighted by Crippen LogP contribution is 2.18. The smallest absolute Gasteiger partial charge is 0.272 e. The summed E-state index contributed by atoms with van der Waals surface area (Å²) in [5.41, 5.74) is 1.42. The highest BCUT2D eigenvalue weighted by molar-refractivity contribution is 5.94. The molecule has 1 aromatic heterocycles. The van der Waals surface area contributed by atoms with Gasteiger partial charge in [-0.1, -0.05) is 6.07 Å². The molecule has 1 aromatic rings. The minimum Gasteiger partial charge on any atom is -0.396 e. The number of aromatic nitrogens is 1. The summed E-state index contributed by atoms with van der Waals surface area (Å²) >= 11 is 0. The number of aliphatic hydroxyl groups excluding tert-OH is 1. The lowest BCUT2D eigenvalue weighted by Gasteiger charge is -2.38. The topological polar surface area (TPSA) is 53.4 Å². The molecule has 0 saturated carbocycles. The lowest BCUT2D eigenvalue weighted by atomic mass is 10.0. The molecular weight excluding hydrogens is 192 g/mol. The molecular formula is C11H14N2O2.